The molecular formula is C29H28N6O. The van der Waals surface area contributed by atoms with Crippen molar-refractivity contribution in [3.8, 4) is 0 Å². The van der Waals surface area contributed by atoms with Gasteiger partial charge in [0.1, 0.15) is 5.82 Å². The number of carbonyl (C=O) groups excluding carboxylic acids is 1. The number of aromatic nitrogens is 3. The molecule has 7 heteroatoms. The summed E-state index contributed by atoms with van der Waals surface area (Å²) < 4.78 is 0. The number of amides is 1. The van der Waals surface area contributed by atoms with Crippen molar-refractivity contribution in [1.29, 1.82) is 0 Å². The zero-order valence-electron chi connectivity index (χ0n) is 20.2. The second-order valence-electron chi connectivity index (χ2n) is 10.2. The maximum Gasteiger partial charge on any atom is 0.235 e. The summed E-state index contributed by atoms with van der Waals surface area (Å²) in [4.78, 5) is 22.2. The lowest BCUT2D eigenvalue weighted by molar-refractivity contribution is -0.118. The monoisotopic (exact) mass is 476 g/mol. The first-order chi connectivity index (χ1) is 17.6. The third kappa shape index (κ3) is 3.34. The minimum atomic E-state index is -0.420. The number of H-pyrrole nitrogens is 1. The Morgan fingerprint density at radius 2 is 1.89 bits per heavy atom. The van der Waals surface area contributed by atoms with Crippen molar-refractivity contribution in [3.63, 3.8) is 0 Å². The van der Waals surface area contributed by atoms with Crippen LogP contribution in [0.25, 0.3) is 23.1 Å². The number of nitrogens with zero attached hydrogens (tertiary/aromatic N) is 4. The molecule has 1 saturated heterocycles. The van der Waals surface area contributed by atoms with Crippen LogP contribution >= 0.6 is 0 Å². The van der Waals surface area contributed by atoms with Crippen LogP contribution < -0.4 is 10.2 Å². The second kappa shape index (κ2) is 8.03. The number of benzene rings is 2. The van der Waals surface area contributed by atoms with Crippen molar-refractivity contribution in [1.82, 2.24) is 20.1 Å². The first-order valence-corrected chi connectivity index (χ1v) is 12.6. The van der Waals surface area contributed by atoms with Crippen molar-refractivity contribution < 1.29 is 4.79 Å². The number of rotatable bonds is 4. The SMILES string of the molecule is CN1CCN(c2ccc(/C=C/c3n[nH]c4cc([C@@H]5C[C@@]56C(=O)Nc5ccccc56)ccc34)cn2)CC1. The highest BCUT2D eigenvalue weighted by Gasteiger charge is 2.65. The smallest absolute Gasteiger partial charge is 0.235 e. The number of anilines is 2. The molecule has 2 atom stereocenters. The predicted molar refractivity (Wildman–Crippen MR) is 143 cm³/mol. The Balaban J connectivity index is 1.09. The van der Waals surface area contributed by atoms with Crippen LogP contribution in [0.15, 0.2) is 60.8 Å². The quantitative estimate of drug-likeness (QED) is 0.460. The number of nitrogens with one attached hydrogen (secondary N) is 2. The molecule has 1 aliphatic carbocycles. The molecule has 2 aromatic heterocycles. The van der Waals surface area contributed by atoms with E-state index in [0.29, 0.717) is 0 Å². The first kappa shape index (κ1) is 21.3. The standard InChI is InChI=1S/C29H28N6O/c1-34-12-14-35(15-13-34)27-11-7-19(18-30-27)6-10-24-21-9-8-20(16-26(21)33-32-24)23-17-29(23)22-4-2-3-5-25(22)31-28(29)36/h2-11,16,18,23H,12-15,17H2,1H3,(H,31,36)(H,32,33)/b10-6+/t23-,29-/m0/s1. The molecule has 2 aromatic carbocycles. The second-order valence-corrected chi connectivity index (χ2v) is 10.2. The third-order valence-corrected chi connectivity index (χ3v) is 8.07. The van der Waals surface area contributed by atoms with Gasteiger partial charge in [-0.3, -0.25) is 9.89 Å². The van der Waals surface area contributed by atoms with E-state index in [-0.39, 0.29) is 11.8 Å². The minimum Gasteiger partial charge on any atom is -0.354 e. The average Bonchev–Trinajstić information content (AvgIpc) is 3.44. The maximum atomic E-state index is 12.9. The zero-order valence-corrected chi connectivity index (χ0v) is 20.2. The predicted octanol–water partition coefficient (Wildman–Crippen LogP) is 4.26. The Bertz CT molecular complexity index is 1500. The molecule has 36 heavy (non-hydrogen) atoms. The molecular weight excluding hydrogens is 448 g/mol. The summed E-state index contributed by atoms with van der Waals surface area (Å²) in [5.41, 5.74) is 5.77. The Kier molecular flexibility index (Phi) is 4.76. The van der Waals surface area contributed by atoms with Crippen molar-refractivity contribution in [2.24, 2.45) is 0 Å². The fourth-order valence-corrected chi connectivity index (χ4v) is 5.85. The van der Waals surface area contributed by atoms with Crippen molar-refractivity contribution in [3.05, 3.63) is 83.2 Å². The van der Waals surface area contributed by atoms with E-state index < -0.39 is 5.41 Å². The number of likely N-dealkylation sites (N-methyl/N-ethyl adjacent to an activating group) is 1. The average molecular weight is 477 g/mol. The molecule has 1 saturated carbocycles. The van der Waals surface area contributed by atoms with Crippen LogP contribution in [0.2, 0.25) is 0 Å². The molecule has 7 rings (SSSR count). The molecule has 2 N–H and O–H groups in total. The lowest BCUT2D eigenvalue weighted by Crippen LogP contribution is -2.44. The Morgan fingerprint density at radius 3 is 2.72 bits per heavy atom. The summed E-state index contributed by atoms with van der Waals surface area (Å²) >= 11 is 0. The van der Waals surface area contributed by atoms with Crippen LogP contribution in [0.3, 0.4) is 0 Å². The number of hydrogen-bond donors (Lipinski definition) is 2. The molecule has 3 aliphatic rings. The van der Waals surface area contributed by atoms with E-state index in [2.05, 4.69) is 79.8 Å². The molecule has 2 fully saturated rings. The van der Waals surface area contributed by atoms with Crippen molar-refractivity contribution >= 4 is 40.5 Å². The van der Waals surface area contributed by atoms with E-state index in [1.807, 2.05) is 30.5 Å². The summed E-state index contributed by atoms with van der Waals surface area (Å²) in [7, 11) is 2.16. The van der Waals surface area contributed by atoms with E-state index in [9.17, 15) is 4.79 Å². The highest BCUT2D eigenvalue weighted by atomic mass is 16.2. The molecule has 2 aliphatic heterocycles. The van der Waals surface area contributed by atoms with Crippen LogP contribution in [0.5, 0.6) is 0 Å². The first-order valence-electron chi connectivity index (χ1n) is 12.6. The van der Waals surface area contributed by atoms with Gasteiger partial charge in [0, 0.05) is 49.4 Å². The molecule has 180 valence electrons. The molecule has 0 unspecified atom stereocenters. The topological polar surface area (TPSA) is 77.1 Å². The normalized spacial score (nSPS) is 23.5. The van der Waals surface area contributed by atoms with Gasteiger partial charge < -0.3 is 15.1 Å². The number of fused-ring (bicyclic) bond motifs is 3. The van der Waals surface area contributed by atoms with Gasteiger partial charge in [-0.2, -0.15) is 5.10 Å². The maximum absolute atomic E-state index is 12.9. The van der Waals surface area contributed by atoms with Gasteiger partial charge in [-0.25, -0.2) is 4.98 Å². The van der Waals surface area contributed by atoms with E-state index in [1.165, 1.54) is 5.56 Å². The summed E-state index contributed by atoms with van der Waals surface area (Å²) in [5, 5.41) is 11.9. The fraction of sp³-hybridized carbons (Fsp3) is 0.276. The minimum absolute atomic E-state index is 0.120. The Morgan fingerprint density at radius 1 is 1.03 bits per heavy atom. The lowest BCUT2D eigenvalue weighted by Gasteiger charge is -2.33. The van der Waals surface area contributed by atoms with Crippen LogP contribution in [0, 0.1) is 0 Å². The molecule has 0 radical (unpaired) electrons. The summed E-state index contributed by atoms with van der Waals surface area (Å²) in [6.07, 6.45) is 6.86. The zero-order chi connectivity index (χ0) is 24.3. The van der Waals surface area contributed by atoms with Crippen LogP contribution in [-0.4, -0.2) is 59.2 Å². The molecule has 0 bridgehead atoms. The van der Waals surface area contributed by atoms with Gasteiger partial charge >= 0.3 is 0 Å². The van der Waals surface area contributed by atoms with Gasteiger partial charge in [-0.1, -0.05) is 36.4 Å². The fourth-order valence-electron chi connectivity index (χ4n) is 5.85. The molecule has 7 nitrogen and oxygen atoms in total. The van der Waals surface area contributed by atoms with Crippen LogP contribution in [-0.2, 0) is 10.2 Å². The van der Waals surface area contributed by atoms with Crippen molar-refractivity contribution in [2.75, 3.05) is 43.4 Å². The number of piperazine rings is 1. The number of aromatic amines is 1. The van der Waals surface area contributed by atoms with E-state index in [1.54, 1.807) is 0 Å². The third-order valence-electron chi connectivity index (χ3n) is 8.07. The number of hydrogen-bond acceptors (Lipinski definition) is 5. The summed E-state index contributed by atoms with van der Waals surface area (Å²) in [5.74, 6) is 1.35. The molecule has 1 amide bonds. The van der Waals surface area contributed by atoms with E-state index in [4.69, 9.17) is 0 Å². The lowest BCUT2D eigenvalue weighted by atomic mass is 9.92. The van der Waals surface area contributed by atoms with Gasteiger partial charge in [-0.15, -0.1) is 0 Å². The molecule has 4 heterocycles. The van der Waals surface area contributed by atoms with Crippen LogP contribution in [0.1, 0.15) is 34.7 Å². The Labute approximate surface area is 209 Å². The van der Waals surface area contributed by atoms with Gasteiger partial charge in [0.15, 0.2) is 0 Å². The number of carbonyl (C=O) groups is 1. The van der Waals surface area contributed by atoms with Gasteiger partial charge in [0.05, 0.1) is 16.6 Å². The van der Waals surface area contributed by atoms with E-state index >= 15 is 0 Å². The van der Waals surface area contributed by atoms with Gasteiger partial charge in [0.2, 0.25) is 5.91 Å². The highest BCUT2D eigenvalue weighted by Crippen LogP contribution is 2.64. The largest absolute Gasteiger partial charge is 0.354 e. The summed E-state index contributed by atoms with van der Waals surface area (Å²) in [6.45, 7) is 4.16. The van der Waals surface area contributed by atoms with E-state index in [0.717, 1.165) is 71.8 Å². The molecule has 4 aromatic rings. The molecule has 1 spiro atoms. The van der Waals surface area contributed by atoms with Gasteiger partial charge in [-0.05, 0) is 60.5 Å². The number of pyridine rings is 1. The van der Waals surface area contributed by atoms with Crippen molar-refractivity contribution in [2.45, 2.75) is 17.8 Å². The summed E-state index contributed by atoms with van der Waals surface area (Å²) in [6, 6.07) is 18.7. The number of para-hydroxylation sites is 1. The van der Waals surface area contributed by atoms with Crippen LogP contribution in [0.4, 0.5) is 11.5 Å². The van der Waals surface area contributed by atoms with Gasteiger partial charge in [0.25, 0.3) is 0 Å². The highest BCUT2D eigenvalue weighted by molar-refractivity contribution is 6.09. The Hall–Kier alpha value is -3.97.